The smallest absolute Gasteiger partial charge is 0.259 e. The van der Waals surface area contributed by atoms with Crippen LogP contribution in [0.15, 0.2) is 69.3 Å². The van der Waals surface area contributed by atoms with Gasteiger partial charge in [0.1, 0.15) is 22.7 Å². The third-order valence-corrected chi connectivity index (χ3v) is 7.45. The van der Waals surface area contributed by atoms with E-state index in [4.69, 9.17) is 10.2 Å². The fraction of sp³-hybridized carbons (Fsp3) is 0.133. The molecule has 6 rings (SSSR count). The molecule has 0 spiro atoms. The number of nitrogen functional groups attached to an aromatic ring is 1. The molecule has 1 aliphatic heterocycles. The highest BCUT2D eigenvalue weighted by Crippen LogP contribution is 2.31. The lowest BCUT2D eigenvalue weighted by molar-refractivity contribution is 0.0937. The number of nitrogens with two attached hydrogens (primary N) is 1. The van der Waals surface area contributed by atoms with Crippen LogP contribution in [-0.2, 0) is 0 Å². The third-order valence-electron chi connectivity index (χ3n) is 6.60. The second-order valence-corrected chi connectivity index (χ2v) is 10.1. The van der Waals surface area contributed by atoms with E-state index in [9.17, 15) is 9.59 Å². The van der Waals surface area contributed by atoms with Gasteiger partial charge in [0.25, 0.3) is 5.91 Å². The SMILES string of the molecule is Cc1ncsc1C#Cc1cccc2oc(C(C)NC(=O)c3c(N)nn4c3NCC=C4)c(-c3ccccc3)c(=O)c12. The molecular weight excluding hydrogens is 524 g/mol. The number of hydrogen-bond donors (Lipinski definition) is 3. The Balaban J connectivity index is 1.47. The van der Waals surface area contributed by atoms with Gasteiger partial charge in [-0.1, -0.05) is 42.3 Å². The Hall–Kier alpha value is -5.14. The topological polar surface area (TPSA) is 128 Å². The number of carbonyl (C=O) groups excluding carboxylic acids is 1. The van der Waals surface area contributed by atoms with Crippen molar-refractivity contribution in [3.8, 4) is 23.0 Å². The number of aromatic nitrogens is 3. The summed E-state index contributed by atoms with van der Waals surface area (Å²) in [5, 5.41) is 10.7. The molecule has 1 atom stereocenters. The number of benzene rings is 2. The summed E-state index contributed by atoms with van der Waals surface area (Å²) >= 11 is 1.45. The number of hydrogen-bond acceptors (Lipinski definition) is 8. The van der Waals surface area contributed by atoms with Gasteiger partial charge >= 0.3 is 0 Å². The van der Waals surface area contributed by atoms with Gasteiger partial charge in [-0.15, -0.1) is 16.4 Å². The number of amides is 1. The van der Waals surface area contributed by atoms with Crippen LogP contribution in [0, 0.1) is 18.8 Å². The summed E-state index contributed by atoms with van der Waals surface area (Å²) in [6, 6.07) is 13.9. The Labute approximate surface area is 233 Å². The summed E-state index contributed by atoms with van der Waals surface area (Å²) in [7, 11) is 0. The van der Waals surface area contributed by atoms with Gasteiger partial charge in [0.05, 0.1) is 33.1 Å². The Kier molecular flexibility index (Phi) is 6.42. The predicted molar refractivity (Wildman–Crippen MR) is 157 cm³/mol. The summed E-state index contributed by atoms with van der Waals surface area (Å²) in [4.78, 5) is 32.7. The first kappa shape index (κ1) is 25.2. The van der Waals surface area contributed by atoms with E-state index in [1.807, 2.05) is 43.3 Å². The van der Waals surface area contributed by atoms with Crippen LogP contribution in [-0.4, -0.2) is 27.2 Å². The van der Waals surface area contributed by atoms with Gasteiger partial charge in [-0.2, -0.15) is 0 Å². The maximum Gasteiger partial charge on any atom is 0.259 e. The van der Waals surface area contributed by atoms with Gasteiger partial charge in [-0.05, 0) is 43.5 Å². The summed E-state index contributed by atoms with van der Waals surface area (Å²) in [6.45, 7) is 4.21. The van der Waals surface area contributed by atoms with E-state index >= 15 is 0 Å². The number of carbonyl (C=O) groups is 1. The molecule has 0 fully saturated rings. The lowest BCUT2D eigenvalue weighted by Crippen LogP contribution is -2.29. The minimum Gasteiger partial charge on any atom is -0.458 e. The molecule has 9 nitrogen and oxygen atoms in total. The first-order chi connectivity index (χ1) is 19.4. The molecular formula is C30H24N6O3S. The summed E-state index contributed by atoms with van der Waals surface area (Å²) < 4.78 is 7.91. The van der Waals surface area contributed by atoms with Crippen molar-refractivity contribution >= 4 is 46.0 Å². The van der Waals surface area contributed by atoms with Crippen LogP contribution in [0.2, 0.25) is 0 Å². The molecule has 10 heteroatoms. The van der Waals surface area contributed by atoms with Crippen molar-refractivity contribution in [3.05, 3.63) is 97.8 Å². The Bertz CT molecular complexity index is 1920. The zero-order valence-electron chi connectivity index (χ0n) is 21.7. The number of nitrogens with one attached hydrogen (secondary N) is 2. The van der Waals surface area contributed by atoms with Gasteiger partial charge in [-0.25, -0.2) is 9.67 Å². The molecule has 5 aromatic rings. The number of aryl methyl sites for hydroxylation is 1. The minimum absolute atomic E-state index is 0.0985. The van der Waals surface area contributed by atoms with Crippen LogP contribution in [0.25, 0.3) is 28.3 Å². The number of anilines is 2. The molecule has 0 aliphatic carbocycles. The van der Waals surface area contributed by atoms with Crippen molar-refractivity contribution in [2.75, 3.05) is 17.6 Å². The summed E-state index contributed by atoms with van der Waals surface area (Å²) in [5.74, 6) is 6.77. The maximum atomic E-state index is 14.2. The average molecular weight is 549 g/mol. The zero-order valence-corrected chi connectivity index (χ0v) is 22.5. The van der Waals surface area contributed by atoms with Crippen LogP contribution >= 0.6 is 11.3 Å². The van der Waals surface area contributed by atoms with Gasteiger partial charge in [0.2, 0.25) is 5.43 Å². The zero-order chi connectivity index (χ0) is 27.8. The first-order valence-corrected chi connectivity index (χ1v) is 13.5. The van der Waals surface area contributed by atoms with E-state index in [-0.39, 0.29) is 16.8 Å². The van der Waals surface area contributed by atoms with E-state index < -0.39 is 11.9 Å². The van der Waals surface area contributed by atoms with Crippen molar-refractivity contribution in [3.63, 3.8) is 0 Å². The van der Waals surface area contributed by atoms with E-state index in [0.717, 1.165) is 10.6 Å². The Morgan fingerprint density at radius 3 is 2.80 bits per heavy atom. The fourth-order valence-corrected chi connectivity index (χ4v) is 5.34. The molecule has 2 aromatic carbocycles. The Morgan fingerprint density at radius 2 is 2.02 bits per heavy atom. The van der Waals surface area contributed by atoms with Crippen LogP contribution in [0.3, 0.4) is 0 Å². The van der Waals surface area contributed by atoms with Crippen LogP contribution in [0.4, 0.5) is 11.6 Å². The molecule has 0 bridgehead atoms. The molecule has 1 unspecified atom stereocenters. The highest BCUT2D eigenvalue weighted by atomic mass is 32.1. The lowest BCUT2D eigenvalue weighted by atomic mass is 9.97. The van der Waals surface area contributed by atoms with E-state index in [2.05, 4.69) is 32.6 Å². The van der Waals surface area contributed by atoms with Crippen molar-refractivity contribution in [1.82, 2.24) is 20.1 Å². The first-order valence-electron chi connectivity index (χ1n) is 12.6. The van der Waals surface area contributed by atoms with E-state index in [1.165, 1.54) is 16.0 Å². The second kappa shape index (κ2) is 10.2. The molecule has 0 saturated carbocycles. The van der Waals surface area contributed by atoms with Crippen molar-refractivity contribution in [1.29, 1.82) is 0 Å². The quantitative estimate of drug-likeness (QED) is 0.276. The number of fused-ring (bicyclic) bond motifs is 2. The molecule has 1 aliphatic rings. The minimum atomic E-state index is -0.677. The van der Waals surface area contributed by atoms with Gasteiger partial charge in [0.15, 0.2) is 5.82 Å². The molecule has 0 radical (unpaired) electrons. The van der Waals surface area contributed by atoms with Crippen molar-refractivity contribution in [2.45, 2.75) is 19.9 Å². The number of nitrogens with zero attached hydrogens (tertiary/aromatic N) is 3. The molecule has 1 amide bonds. The van der Waals surface area contributed by atoms with Crippen molar-refractivity contribution in [2.24, 2.45) is 0 Å². The largest absolute Gasteiger partial charge is 0.458 e. The van der Waals surface area contributed by atoms with Crippen LogP contribution in [0.1, 0.15) is 45.2 Å². The van der Waals surface area contributed by atoms with E-state index in [0.29, 0.717) is 45.8 Å². The fourth-order valence-electron chi connectivity index (χ4n) is 4.69. The molecule has 4 heterocycles. The number of rotatable bonds is 4. The van der Waals surface area contributed by atoms with Gasteiger partial charge in [0, 0.05) is 18.3 Å². The van der Waals surface area contributed by atoms with E-state index in [1.54, 1.807) is 36.8 Å². The molecule has 4 N–H and O–H groups in total. The summed E-state index contributed by atoms with van der Waals surface area (Å²) in [6.07, 6.45) is 3.62. The molecule has 3 aromatic heterocycles. The average Bonchev–Trinajstić information content (AvgIpc) is 3.53. The standard InChI is InChI=1S/C30H24N6O3S/c1-17-22(40-16-33-17)13-12-20-10-6-11-21-23(20)26(37)24(19-8-4-3-5-9-19)27(39-21)18(2)34-30(38)25-28(31)35-36-15-7-14-32-29(25)36/h3-11,15-16,18,32H,14H2,1-2H3,(H2,31,35)(H,34,38). The molecule has 40 heavy (non-hydrogen) atoms. The Morgan fingerprint density at radius 1 is 1.20 bits per heavy atom. The van der Waals surface area contributed by atoms with Crippen molar-refractivity contribution < 1.29 is 9.21 Å². The van der Waals surface area contributed by atoms with Crippen LogP contribution < -0.4 is 21.8 Å². The summed E-state index contributed by atoms with van der Waals surface area (Å²) in [5.41, 5.74) is 10.6. The third kappa shape index (κ3) is 4.42. The normalized spacial score (nSPS) is 12.8. The van der Waals surface area contributed by atoms with Crippen LogP contribution in [0.5, 0.6) is 0 Å². The highest BCUT2D eigenvalue weighted by molar-refractivity contribution is 7.10. The lowest BCUT2D eigenvalue weighted by Gasteiger charge is -2.18. The van der Waals surface area contributed by atoms with Gasteiger partial charge < -0.3 is 20.8 Å². The monoisotopic (exact) mass is 548 g/mol. The number of thiazole rings is 1. The predicted octanol–water partition coefficient (Wildman–Crippen LogP) is 4.79. The van der Waals surface area contributed by atoms with Gasteiger partial charge in [-0.3, -0.25) is 9.59 Å². The molecule has 198 valence electrons. The maximum absolute atomic E-state index is 14.2. The second-order valence-electron chi connectivity index (χ2n) is 9.25. The highest BCUT2D eigenvalue weighted by Gasteiger charge is 2.27. The molecule has 0 saturated heterocycles.